The standard InChI is InChI=1S/C11H17NO6/c1-5(2)6(3-12)17-11-10(16)9(15)8(14)7(4-13)18-11/h7-11,13-16H,4H2,1-2H3. The van der Waals surface area contributed by atoms with Crippen LogP contribution in [-0.2, 0) is 9.47 Å². The zero-order valence-electron chi connectivity index (χ0n) is 10.1. The molecule has 5 unspecified atom stereocenters. The molecule has 0 aromatic carbocycles. The molecule has 0 bridgehead atoms. The molecule has 102 valence electrons. The Morgan fingerprint density at radius 3 is 2.28 bits per heavy atom. The predicted molar refractivity (Wildman–Crippen MR) is 58.8 cm³/mol. The lowest BCUT2D eigenvalue weighted by molar-refractivity contribution is -0.290. The lowest BCUT2D eigenvalue weighted by Crippen LogP contribution is -2.59. The number of rotatable bonds is 3. The van der Waals surface area contributed by atoms with Crippen molar-refractivity contribution in [1.82, 2.24) is 0 Å². The van der Waals surface area contributed by atoms with Gasteiger partial charge in [0.2, 0.25) is 6.29 Å². The van der Waals surface area contributed by atoms with Crippen LogP contribution in [0.5, 0.6) is 0 Å². The lowest BCUT2D eigenvalue weighted by Gasteiger charge is -2.39. The molecule has 0 spiro atoms. The first-order chi connectivity index (χ1) is 8.42. The van der Waals surface area contributed by atoms with E-state index < -0.39 is 37.3 Å². The van der Waals surface area contributed by atoms with E-state index >= 15 is 0 Å². The second kappa shape index (κ2) is 6.13. The van der Waals surface area contributed by atoms with Crippen LogP contribution >= 0.6 is 0 Å². The van der Waals surface area contributed by atoms with Crippen molar-refractivity contribution in [2.24, 2.45) is 0 Å². The first kappa shape index (κ1) is 14.9. The number of hydrogen-bond donors (Lipinski definition) is 4. The molecule has 0 aromatic heterocycles. The third-order valence-electron chi connectivity index (χ3n) is 2.64. The van der Waals surface area contributed by atoms with E-state index in [2.05, 4.69) is 0 Å². The number of allylic oxidation sites excluding steroid dienone is 2. The number of aliphatic hydroxyl groups is 4. The van der Waals surface area contributed by atoms with Crippen LogP contribution in [0.4, 0.5) is 0 Å². The number of hydrogen-bond acceptors (Lipinski definition) is 7. The molecule has 1 rings (SSSR count). The van der Waals surface area contributed by atoms with E-state index in [1.54, 1.807) is 19.9 Å². The van der Waals surface area contributed by atoms with Gasteiger partial charge in [0.15, 0.2) is 5.76 Å². The molecule has 1 fully saturated rings. The molecule has 7 heteroatoms. The normalized spacial score (nSPS) is 35.7. The molecule has 1 saturated heterocycles. The summed E-state index contributed by atoms with van der Waals surface area (Å²) in [5.74, 6) is -0.0423. The zero-order valence-corrected chi connectivity index (χ0v) is 10.1. The highest BCUT2D eigenvalue weighted by Gasteiger charge is 2.44. The predicted octanol–water partition coefficient (Wildman–Crippen LogP) is -1.38. The van der Waals surface area contributed by atoms with Gasteiger partial charge in [-0.15, -0.1) is 0 Å². The minimum atomic E-state index is -1.52. The summed E-state index contributed by atoms with van der Waals surface area (Å²) < 4.78 is 10.2. The fraction of sp³-hybridized carbons (Fsp3) is 0.727. The van der Waals surface area contributed by atoms with Gasteiger partial charge in [-0.3, -0.25) is 0 Å². The molecule has 1 aliphatic rings. The third kappa shape index (κ3) is 2.98. The van der Waals surface area contributed by atoms with Gasteiger partial charge in [-0.2, -0.15) is 5.26 Å². The molecular formula is C11H17NO6. The van der Waals surface area contributed by atoms with Crippen molar-refractivity contribution in [3.63, 3.8) is 0 Å². The molecule has 0 aromatic rings. The Kier molecular flexibility index (Phi) is 5.07. The van der Waals surface area contributed by atoms with Gasteiger partial charge < -0.3 is 29.9 Å². The maximum atomic E-state index is 9.67. The van der Waals surface area contributed by atoms with Crippen molar-refractivity contribution < 1.29 is 29.9 Å². The van der Waals surface area contributed by atoms with Gasteiger partial charge >= 0.3 is 0 Å². The molecule has 7 nitrogen and oxygen atoms in total. The van der Waals surface area contributed by atoms with Crippen molar-refractivity contribution >= 4 is 0 Å². The second-order valence-electron chi connectivity index (χ2n) is 4.26. The smallest absolute Gasteiger partial charge is 0.230 e. The van der Waals surface area contributed by atoms with Crippen LogP contribution in [0, 0.1) is 11.3 Å². The largest absolute Gasteiger partial charge is 0.452 e. The van der Waals surface area contributed by atoms with E-state index in [4.69, 9.17) is 19.8 Å². The minimum Gasteiger partial charge on any atom is -0.452 e. The quantitative estimate of drug-likeness (QED) is 0.364. The molecule has 0 saturated carbocycles. The zero-order chi connectivity index (χ0) is 13.9. The van der Waals surface area contributed by atoms with E-state index in [0.717, 1.165) is 0 Å². The van der Waals surface area contributed by atoms with Gasteiger partial charge in [-0.25, -0.2) is 0 Å². The van der Waals surface area contributed by atoms with Crippen LogP contribution in [0.25, 0.3) is 0 Å². The van der Waals surface area contributed by atoms with Gasteiger partial charge in [-0.1, -0.05) is 0 Å². The molecule has 4 N–H and O–H groups in total. The lowest BCUT2D eigenvalue weighted by atomic mass is 9.99. The van der Waals surface area contributed by atoms with Crippen LogP contribution in [0.1, 0.15) is 13.8 Å². The summed E-state index contributed by atoms with van der Waals surface area (Å²) in [6, 6.07) is 1.79. The molecule has 0 aliphatic carbocycles. The van der Waals surface area contributed by atoms with E-state index in [9.17, 15) is 15.3 Å². The van der Waals surface area contributed by atoms with Gasteiger partial charge in [0.05, 0.1) is 6.61 Å². The van der Waals surface area contributed by atoms with Crippen molar-refractivity contribution in [3.8, 4) is 6.07 Å². The highest BCUT2D eigenvalue weighted by molar-refractivity contribution is 5.19. The van der Waals surface area contributed by atoms with Crippen molar-refractivity contribution in [3.05, 3.63) is 11.3 Å². The first-order valence-electron chi connectivity index (χ1n) is 5.47. The Morgan fingerprint density at radius 1 is 1.22 bits per heavy atom. The topological polar surface area (TPSA) is 123 Å². The molecule has 1 heterocycles. The second-order valence-corrected chi connectivity index (χ2v) is 4.26. The maximum Gasteiger partial charge on any atom is 0.230 e. The van der Waals surface area contributed by atoms with Crippen LogP contribution in [0.15, 0.2) is 11.3 Å². The maximum absolute atomic E-state index is 9.67. The first-order valence-corrected chi connectivity index (χ1v) is 5.47. The molecule has 5 atom stereocenters. The number of aliphatic hydroxyl groups excluding tert-OH is 4. The molecular weight excluding hydrogens is 242 g/mol. The summed E-state index contributed by atoms with van der Waals surface area (Å²) in [6.07, 6.45) is -6.83. The number of nitrogens with zero attached hydrogens (tertiary/aromatic N) is 1. The summed E-state index contributed by atoms with van der Waals surface area (Å²) in [6.45, 7) is 2.74. The Morgan fingerprint density at radius 2 is 1.83 bits per heavy atom. The number of ether oxygens (including phenoxy) is 2. The summed E-state index contributed by atoms with van der Waals surface area (Å²) >= 11 is 0. The van der Waals surface area contributed by atoms with E-state index in [0.29, 0.717) is 5.57 Å². The van der Waals surface area contributed by atoms with Gasteiger partial charge in [0.25, 0.3) is 0 Å². The van der Waals surface area contributed by atoms with Crippen LogP contribution < -0.4 is 0 Å². The van der Waals surface area contributed by atoms with Gasteiger partial charge in [0, 0.05) is 0 Å². The average molecular weight is 259 g/mol. The highest BCUT2D eigenvalue weighted by Crippen LogP contribution is 2.24. The summed E-state index contributed by atoms with van der Waals surface area (Å²) in [4.78, 5) is 0. The highest BCUT2D eigenvalue weighted by atomic mass is 16.7. The Bertz CT molecular complexity index is 357. The van der Waals surface area contributed by atoms with Crippen molar-refractivity contribution in [1.29, 1.82) is 5.26 Å². The van der Waals surface area contributed by atoms with Gasteiger partial charge in [0.1, 0.15) is 30.5 Å². The van der Waals surface area contributed by atoms with Gasteiger partial charge in [-0.05, 0) is 19.4 Å². The Balaban J connectivity index is 2.83. The van der Waals surface area contributed by atoms with Crippen molar-refractivity contribution in [2.75, 3.05) is 6.61 Å². The Hall–Kier alpha value is -1.17. The van der Waals surface area contributed by atoms with E-state index in [-0.39, 0.29) is 5.76 Å². The summed E-state index contributed by atoms with van der Waals surface area (Å²) in [7, 11) is 0. The van der Waals surface area contributed by atoms with Crippen LogP contribution in [-0.4, -0.2) is 57.7 Å². The molecule has 18 heavy (non-hydrogen) atoms. The number of nitriles is 1. The Labute approximate surface area is 104 Å². The minimum absolute atomic E-state index is 0.0423. The third-order valence-corrected chi connectivity index (χ3v) is 2.64. The van der Waals surface area contributed by atoms with Crippen molar-refractivity contribution in [2.45, 2.75) is 44.6 Å². The molecule has 0 amide bonds. The molecule has 0 radical (unpaired) electrons. The summed E-state index contributed by atoms with van der Waals surface area (Å²) in [5.41, 5.74) is 0.578. The van der Waals surface area contributed by atoms with Crippen LogP contribution in [0.2, 0.25) is 0 Å². The molecule has 1 aliphatic heterocycles. The fourth-order valence-corrected chi connectivity index (χ4v) is 1.54. The average Bonchev–Trinajstić information content (AvgIpc) is 2.35. The summed E-state index contributed by atoms with van der Waals surface area (Å²) in [5, 5.41) is 46.5. The van der Waals surface area contributed by atoms with E-state index in [1.807, 2.05) is 0 Å². The van der Waals surface area contributed by atoms with E-state index in [1.165, 1.54) is 0 Å². The SMILES string of the molecule is CC(C)=C(C#N)OC1OC(CO)C(O)C(O)C1O. The van der Waals surface area contributed by atoms with Crippen LogP contribution in [0.3, 0.4) is 0 Å². The fourth-order valence-electron chi connectivity index (χ4n) is 1.54. The monoisotopic (exact) mass is 259 g/mol.